The summed E-state index contributed by atoms with van der Waals surface area (Å²) in [6.45, 7) is 0.0924. The molecule has 0 radical (unpaired) electrons. The van der Waals surface area contributed by atoms with Gasteiger partial charge >= 0.3 is 0 Å². The summed E-state index contributed by atoms with van der Waals surface area (Å²) in [4.78, 5) is 37.2. The zero-order valence-electron chi connectivity index (χ0n) is 18.0. The smallest absolute Gasteiger partial charge is 0.272 e. The first-order valence-electron chi connectivity index (χ1n) is 10.1. The molecule has 0 aromatic heterocycles. The first-order chi connectivity index (χ1) is 16.4. The molecule has 2 N–H and O–H groups in total. The van der Waals surface area contributed by atoms with Gasteiger partial charge in [-0.05, 0) is 53.6 Å². The third-order valence-corrected chi connectivity index (χ3v) is 4.91. The van der Waals surface area contributed by atoms with Crippen molar-refractivity contribution in [2.24, 2.45) is 0 Å². The Balaban J connectivity index is 1.66. The van der Waals surface area contributed by atoms with Crippen LogP contribution < -0.4 is 30.0 Å². The third kappa shape index (κ3) is 4.99. The normalized spacial score (nSPS) is 12.1. The van der Waals surface area contributed by atoms with E-state index in [1.807, 2.05) is 0 Å². The van der Waals surface area contributed by atoms with Crippen LogP contribution in [0.3, 0.4) is 0 Å². The molecule has 0 aliphatic carbocycles. The molecule has 9 nitrogen and oxygen atoms in total. The average Bonchev–Trinajstić information content (AvgIpc) is 3.31. The highest BCUT2D eigenvalue weighted by molar-refractivity contribution is 6.11. The van der Waals surface area contributed by atoms with E-state index in [1.54, 1.807) is 42.5 Å². The number of carboxylic acids is 1. The van der Waals surface area contributed by atoms with Gasteiger partial charge in [-0.15, -0.1) is 0 Å². The fourth-order valence-corrected chi connectivity index (χ4v) is 3.27. The Morgan fingerprint density at radius 1 is 0.971 bits per heavy atom. The van der Waals surface area contributed by atoms with Crippen LogP contribution in [0.2, 0.25) is 0 Å². The van der Waals surface area contributed by atoms with E-state index in [4.69, 9.17) is 14.2 Å². The number of hydrogen-bond donors (Lipinski definition) is 2. The second kappa shape index (κ2) is 9.78. The number of nitrogens with one attached hydrogen (secondary N) is 2. The molecule has 1 heterocycles. The number of carbonyl (C=O) groups is 3. The Morgan fingerprint density at radius 3 is 2.56 bits per heavy atom. The summed E-state index contributed by atoms with van der Waals surface area (Å²) in [5.74, 6) is -1.20. The number of amides is 2. The standard InChI is InChI=1S/C25H20N2O7/c1-32-20-8-3-2-7-18(20)23(28)27-19(11-15-9-10-21-22(12-15)34-14-33-21)24(29)26-17-6-4-5-16(13-17)25(30)31/h2-13H,14H2,1H3,(H,26,29)(H,27,28)(H,30,31)/p-1/b19-11+. The Morgan fingerprint density at radius 2 is 1.76 bits per heavy atom. The maximum atomic E-state index is 13.1. The van der Waals surface area contributed by atoms with Gasteiger partial charge in [-0.3, -0.25) is 9.59 Å². The Labute approximate surface area is 194 Å². The molecule has 34 heavy (non-hydrogen) atoms. The molecule has 172 valence electrons. The van der Waals surface area contributed by atoms with Gasteiger partial charge in [0.25, 0.3) is 11.8 Å². The molecule has 1 aliphatic rings. The van der Waals surface area contributed by atoms with Crippen LogP contribution in [-0.4, -0.2) is 31.7 Å². The Hall–Kier alpha value is -4.79. The van der Waals surface area contributed by atoms with Gasteiger partial charge < -0.3 is 34.7 Å². The van der Waals surface area contributed by atoms with Crippen molar-refractivity contribution in [2.75, 3.05) is 19.2 Å². The van der Waals surface area contributed by atoms with Gasteiger partial charge in [-0.25, -0.2) is 0 Å². The van der Waals surface area contributed by atoms with Gasteiger partial charge in [-0.1, -0.05) is 30.3 Å². The van der Waals surface area contributed by atoms with Crippen LogP contribution in [-0.2, 0) is 4.79 Å². The van der Waals surface area contributed by atoms with Gasteiger partial charge in [0.2, 0.25) is 6.79 Å². The minimum atomic E-state index is -1.38. The number of fused-ring (bicyclic) bond motifs is 1. The van der Waals surface area contributed by atoms with Gasteiger partial charge in [0.1, 0.15) is 11.4 Å². The van der Waals surface area contributed by atoms with Crippen molar-refractivity contribution in [1.82, 2.24) is 5.32 Å². The zero-order chi connectivity index (χ0) is 24.1. The largest absolute Gasteiger partial charge is 0.545 e. The molecule has 4 rings (SSSR count). The first-order valence-corrected chi connectivity index (χ1v) is 10.1. The van der Waals surface area contributed by atoms with Crippen LogP contribution in [0, 0.1) is 0 Å². The summed E-state index contributed by atoms with van der Waals surface area (Å²) in [5.41, 5.74) is 0.826. The number of methoxy groups -OCH3 is 1. The summed E-state index contributed by atoms with van der Waals surface area (Å²) in [6, 6.07) is 17.2. The average molecular weight is 459 g/mol. The maximum absolute atomic E-state index is 13.1. The monoisotopic (exact) mass is 459 g/mol. The van der Waals surface area contributed by atoms with Crippen LogP contribution in [0.25, 0.3) is 6.08 Å². The second-order valence-corrected chi connectivity index (χ2v) is 7.15. The number of aromatic carboxylic acids is 1. The van der Waals surface area contributed by atoms with E-state index < -0.39 is 17.8 Å². The number of carboxylic acid groups (broad SMARTS) is 1. The number of benzene rings is 3. The molecule has 9 heteroatoms. The first kappa shape index (κ1) is 22.4. The highest BCUT2D eigenvalue weighted by Gasteiger charge is 2.19. The molecule has 0 atom stereocenters. The Kier molecular flexibility index (Phi) is 6.45. The number of hydrogen-bond acceptors (Lipinski definition) is 7. The van der Waals surface area contributed by atoms with E-state index in [1.165, 1.54) is 37.5 Å². The lowest BCUT2D eigenvalue weighted by atomic mass is 10.1. The number of ether oxygens (including phenoxy) is 3. The summed E-state index contributed by atoms with van der Waals surface area (Å²) in [5, 5.41) is 16.3. The summed E-state index contributed by atoms with van der Waals surface area (Å²) < 4.78 is 15.9. The topological polar surface area (TPSA) is 126 Å². The van der Waals surface area contributed by atoms with Crippen LogP contribution >= 0.6 is 0 Å². The lowest BCUT2D eigenvalue weighted by Crippen LogP contribution is -2.31. The fourth-order valence-electron chi connectivity index (χ4n) is 3.27. The predicted octanol–water partition coefficient (Wildman–Crippen LogP) is 2.20. The summed E-state index contributed by atoms with van der Waals surface area (Å²) in [6.07, 6.45) is 1.47. The minimum absolute atomic E-state index is 0.0892. The number of anilines is 1. The minimum Gasteiger partial charge on any atom is -0.545 e. The molecule has 0 bridgehead atoms. The van der Waals surface area contributed by atoms with Gasteiger partial charge in [0.15, 0.2) is 11.5 Å². The van der Waals surface area contributed by atoms with Crippen LogP contribution in [0.4, 0.5) is 5.69 Å². The van der Waals surface area contributed by atoms with Crippen molar-refractivity contribution in [3.63, 3.8) is 0 Å². The molecule has 0 saturated heterocycles. The number of carbonyl (C=O) groups excluding carboxylic acids is 3. The van der Waals surface area contributed by atoms with Crippen molar-refractivity contribution in [2.45, 2.75) is 0 Å². The quantitative estimate of drug-likeness (QED) is 0.519. The van der Waals surface area contributed by atoms with Crippen LogP contribution in [0.5, 0.6) is 17.2 Å². The zero-order valence-corrected chi connectivity index (χ0v) is 18.0. The van der Waals surface area contributed by atoms with E-state index in [9.17, 15) is 19.5 Å². The van der Waals surface area contributed by atoms with Crippen molar-refractivity contribution < 1.29 is 33.7 Å². The van der Waals surface area contributed by atoms with Gasteiger partial charge in [0.05, 0.1) is 18.6 Å². The lowest BCUT2D eigenvalue weighted by molar-refractivity contribution is -0.255. The molecule has 3 aromatic rings. The summed E-state index contributed by atoms with van der Waals surface area (Å²) >= 11 is 0. The van der Waals surface area contributed by atoms with Crippen LogP contribution in [0.15, 0.2) is 72.4 Å². The maximum Gasteiger partial charge on any atom is 0.272 e. The van der Waals surface area contributed by atoms with Crippen molar-refractivity contribution >= 4 is 29.5 Å². The number of rotatable bonds is 7. The predicted molar refractivity (Wildman–Crippen MR) is 120 cm³/mol. The molecule has 1 aliphatic heterocycles. The van der Waals surface area contributed by atoms with E-state index >= 15 is 0 Å². The molecule has 0 unspecified atom stereocenters. The van der Waals surface area contributed by atoms with Gasteiger partial charge in [0, 0.05) is 5.69 Å². The molecule has 3 aromatic carbocycles. The van der Waals surface area contributed by atoms with Crippen LogP contribution in [0.1, 0.15) is 26.3 Å². The summed E-state index contributed by atoms with van der Waals surface area (Å²) in [7, 11) is 1.44. The van der Waals surface area contributed by atoms with Gasteiger partial charge in [-0.2, -0.15) is 0 Å². The molecule has 0 fully saturated rings. The lowest BCUT2D eigenvalue weighted by Gasteiger charge is -2.13. The third-order valence-electron chi connectivity index (χ3n) is 4.91. The SMILES string of the molecule is COc1ccccc1C(=O)N/C(=C/c1ccc2c(c1)OCO2)C(=O)Nc1cccc(C(=O)[O-])c1. The van der Waals surface area contributed by atoms with E-state index in [2.05, 4.69) is 10.6 Å². The molecule has 0 spiro atoms. The van der Waals surface area contributed by atoms with E-state index in [-0.39, 0.29) is 29.3 Å². The molecule has 0 saturated carbocycles. The molecule has 2 amide bonds. The second-order valence-electron chi connectivity index (χ2n) is 7.15. The van der Waals surface area contributed by atoms with E-state index in [0.29, 0.717) is 22.8 Å². The Bertz CT molecular complexity index is 1300. The molecular formula is C25H19N2O7-. The van der Waals surface area contributed by atoms with E-state index in [0.717, 1.165) is 0 Å². The highest BCUT2D eigenvalue weighted by atomic mass is 16.7. The fraction of sp³-hybridized carbons (Fsp3) is 0.0800. The van der Waals surface area contributed by atoms with Crippen molar-refractivity contribution in [3.8, 4) is 17.2 Å². The highest BCUT2D eigenvalue weighted by Crippen LogP contribution is 2.33. The number of para-hydroxylation sites is 1. The van der Waals surface area contributed by atoms with Crippen molar-refractivity contribution in [3.05, 3.63) is 89.1 Å². The van der Waals surface area contributed by atoms with Crippen molar-refractivity contribution in [1.29, 1.82) is 0 Å². The molecular weight excluding hydrogens is 440 g/mol.